The number of methoxy groups -OCH3 is 1. The van der Waals surface area contributed by atoms with E-state index in [9.17, 15) is 4.79 Å². The van der Waals surface area contributed by atoms with E-state index in [1.807, 2.05) is 38.1 Å². The van der Waals surface area contributed by atoms with Gasteiger partial charge in [-0.1, -0.05) is 24.3 Å². The lowest BCUT2D eigenvalue weighted by Gasteiger charge is -2.29. The van der Waals surface area contributed by atoms with E-state index >= 15 is 0 Å². The Balaban J connectivity index is 2.94. The highest BCUT2D eigenvalue weighted by Gasteiger charge is 2.33. The van der Waals surface area contributed by atoms with Crippen LogP contribution in [0.2, 0.25) is 0 Å². The number of allylic oxidation sites excluding steroid dienone is 1. The van der Waals surface area contributed by atoms with Gasteiger partial charge >= 0.3 is 5.97 Å². The van der Waals surface area contributed by atoms with Gasteiger partial charge in [0.2, 0.25) is 0 Å². The molecule has 18 heavy (non-hydrogen) atoms. The summed E-state index contributed by atoms with van der Waals surface area (Å²) in [5.74, 6) is -0.257. The highest BCUT2D eigenvalue weighted by Crippen LogP contribution is 2.24. The molecule has 1 aromatic rings. The van der Waals surface area contributed by atoms with E-state index in [-0.39, 0.29) is 5.97 Å². The molecule has 0 spiro atoms. The van der Waals surface area contributed by atoms with E-state index < -0.39 is 5.54 Å². The molecule has 0 heterocycles. The van der Waals surface area contributed by atoms with Gasteiger partial charge in [0.1, 0.15) is 5.54 Å². The van der Waals surface area contributed by atoms with Crippen LogP contribution in [0.1, 0.15) is 25.3 Å². The Morgan fingerprint density at radius 1 is 1.50 bits per heavy atom. The molecule has 1 unspecified atom stereocenters. The van der Waals surface area contributed by atoms with Crippen molar-refractivity contribution in [2.75, 3.05) is 12.4 Å². The molecule has 0 amide bonds. The Bertz CT molecular complexity index is 428. The van der Waals surface area contributed by atoms with Crippen molar-refractivity contribution in [3.63, 3.8) is 0 Å². The molecular formula is C15H21NO2. The molecule has 0 aliphatic heterocycles. The molecule has 0 aliphatic carbocycles. The van der Waals surface area contributed by atoms with E-state index in [1.54, 1.807) is 6.08 Å². The van der Waals surface area contributed by atoms with Gasteiger partial charge in [-0.15, -0.1) is 6.58 Å². The van der Waals surface area contributed by atoms with Gasteiger partial charge in [0.25, 0.3) is 0 Å². The molecule has 0 aromatic heterocycles. The summed E-state index contributed by atoms with van der Waals surface area (Å²) in [5, 5.41) is 3.29. The Morgan fingerprint density at radius 3 is 2.72 bits per heavy atom. The number of benzene rings is 1. The number of rotatable bonds is 6. The molecule has 3 nitrogen and oxygen atoms in total. The molecule has 98 valence electrons. The van der Waals surface area contributed by atoms with Crippen LogP contribution in [0.25, 0.3) is 0 Å². The molecule has 1 rings (SSSR count). The number of nitrogens with one attached hydrogen (secondary N) is 1. The Morgan fingerprint density at radius 2 is 2.17 bits per heavy atom. The summed E-state index contributed by atoms with van der Waals surface area (Å²) in [6.45, 7) is 7.56. The van der Waals surface area contributed by atoms with E-state index in [4.69, 9.17) is 4.74 Å². The zero-order valence-corrected chi connectivity index (χ0v) is 11.3. The van der Waals surface area contributed by atoms with E-state index in [0.29, 0.717) is 6.42 Å². The number of para-hydroxylation sites is 1. The predicted molar refractivity (Wildman–Crippen MR) is 74.7 cm³/mol. The standard InChI is InChI=1S/C15H21NO2/c1-5-6-11-15(3,14(17)18-4)16-13-10-8-7-9-12(13)2/h5,7-10,16H,1,6,11H2,2-4H3. The normalized spacial score (nSPS) is 13.5. The molecule has 1 atom stereocenters. The van der Waals surface area contributed by atoms with Gasteiger partial charge in [-0.3, -0.25) is 0 Å². The minimum absolute atomic E-state index is 0.257. The van der Waals surface area contributed by atoms with Crippen molar-refractivity contribution < 1.29 is 9.53 Å². The summed E-state index contributed by atoms with van der Waals surface area (Å²) >= 11 is 0. The molecule has 0 aliphatic rings. The molecule has 3 heteroatoms. The number of aryl methyl sites for hydroxylation is 1. The van der Waals surface area contributed by atoms with Crippen LogP contribution in [0.5, 0.6) is 0 Å². The Hall–Kier alpha value is -1.77. The zero-order chi connectivity index (χ0) is 13.6. The molecular weight excluding hydrogens is 226 g/mol. The van der Waals surface area contributed by atoms with Gasteiger partial charge in [-0.05, 0) is 38.3 Å². The summed E-state index contributed by atoms with van der Waals surface area (Å²) in [4.78, 5) is 11.9. The van der Waals surface area contributed by atoms with Crippen molar-refractivity contribution in [1.82, 2.24) is 0 Å². The van der Waals surface area contributed by atoms with Gasteiger partial charge in [0, 0.05) is 5.69 Å². The monoisotopic (exact) mass is 247 g/mol. The molecule has 0 radical (unpaired) electrons. The first-order chi connectivity index (χ1) is 8.53. The maximum atomic E-state index is 11.9. The maximum Gasteiger partial charge on any atom is 0.331 e. The van der Waals surface area contributed by atoms with Crippen LogP contribution in [0.3, 0.4) is 0 Å². The van der Waals surface area contributed by atoms with E-state index in [1.165, 1.54) is 7.11 Å². The highest BCUT2D eigenvalue weighted by molar-refractivity contribution is 5.84. The second-order valence-electron chi connectivity index (χ2n) is 4.59. The lowest BCUT2D eigenvalue weighted by atomic mass is 9.94. The van der Waals surface area contributed by atoms with Crippen molar-refractivity contribution in [1.29, 1.82) is 0 Å². The fourth-order valence-corrected chi connectivity index (χ4v) is 1.84. The average molecular weight is 247 g/mol. The average Bonchev–Trinajstić information content (AvgIpc) is 2.38. The third kappa shape index (κ3) is 3.36. The first-order valence-corrected chi connectivity index (χ1v) is 6.06. The Kier molecular flexibility index (Phi) is 4.95. The fraction of sp³-hybridized carbons (Fsp3) is 0.400. The van der Waals surface area contributed by atoms with Crippen molar-refractivity contribution in [2.24, 2.45) is 0 Å². The fourth-order valence-electron chi connectivity index (χ4n) is 1.84. The van der Waals surface area contributed by atoms with Crippen LogP contribution < -0.4 is 5.32 Å². The van der Waals surface area contributed by atoms with Crippen molar-refractivity contribution in [3.8, 4) is 0 Å². The molecule has 1 N–H and O–H groups in total. The quantitative estimate of drug-likeness (QED) is 0.619. The molecule has 0 saturated carbocycles. The van der Waals surface area contributed by atoms with Crippen LogP contribution in [-0.4, -0.2) is 18.6 Å². The van der Waals surface area contributed by atoms with E-state index in [2.05, 4.69) is 11.9 Å². The van der Waals surface area contributed by atoms with Gasteiger partial charge in [-0.2, -0.15) is 0 Å². The number of hydrogen-bond acceptors (Lipinski definition) is 3. The van der Waals surface area contributed by atoms with Crippen molar-refractivity contribution in [3.05, 3.63) is 42.5 Å². The molecule has 0 bridgehead atoms. The molecule has 0 saturated heterocycles. The number of esters is 1. The minimum Gasteiger partial charge on any atom is -0.467 e. The number of carbonyl (C=O) groups is 1. The van der Waals surface area contributed by atoms with Crippen LogP contribution >= 0.6 is 0 Å². The van der Waals surface area contributed by atoms with Crippen LogP contribution in [0, 0.1) is 6.92 Å². The van der Waals surface area contributed by atoms with Crippen LogP contribution in [-0.2, 0) is 9.53 Å². The number of ether oxygens (including phenoxy) is 1. The second kappa shape index (κ2) is 6.24. The Labute approximate surface area is 109 Å². The zero-order valence-electron chi connectivity index (χ0n) is 11.3. The van der Waals surface area contributed by atoms with Crippen LogP contribution in [0.4, 0.5) is 5.69 Å². The van der Waals surface area contributed by atoms with Gasteiger partial charge in [0.05, 0.1) is 7.11 Å². The third-order valence-electron chi connectivity index (χ3n) is 3.04. The summed E-state index contributed by atoms with van der Waals surface area (Å²) in [5.41, 5.74) is 1.33. The smallest absolute Gasteiger partial charge is 0.331 e. The number of hydrogen-bond donors (Lipinski definition) is 1. The van der Waals surface area contributed by atoms with Crippen molar-refractivity contribution in [2.45, 2.75) is 32.2 Å². The lowest BCUT2D eigenvalue weighted by molar-refractivity contribution is -0.145. The highest BCUT2D eigenvalue weighted by atomic mass is 16.5. The summed E-state index contributed by atoms with van der Waals surface area (Å²) in [7, 11) is 1.41. The van der Waals surface area contributed by atoms with Crippen molar-refractivity contribution >= 4 is 11.7 Å². The number of carbonyl (C=O) groups excluding carboxylic acids is 1. The first kappa shape index (κ1) is 14.3. The predicted octanol–water partition coefficient (Wildman–Crippen LogP) is 3.30. The van der Waals surface area contributed by atoms with Crippen LogP contribution in [0.15, 0.2) is 36.9 Å². The maximum absolute atomic E-state index is 11.9. The van der Waals surface area contributed by atoms with E-state index in [0.717, 1.165) is 17.7 Å². The first-order valence-electron chi connectivity index (χ1n) is 6.06. The summed E-state index contributed by atoms with van der Waals surface area (Å²) < 4.78 is 4.89. The van der Waals surface area contributed by atoms with Gasteiger partial charge < -0.3 is 10.1 Å². The molecule has 0 fully saturated rings. The summed E-state index contributed by atoms with van der Waals surface area (Å²) in [6, 6.07) is 7.89. The molecule has 1 aromatic carbocycles. The second-order valence-corrected chi connectivity index (χ2v) is 4.59. The SMILES string of the molecule is C=CCCC(C)(Nc1ccccc1C)C(=O)OC. The minimum atomic E-state index is -0.727. The largest absolute Gasteiger partial charge is 0.467 e. The lowest BCUT2D eigenvalue weighted by Crippen LogP contribution is -2.44. The summed E-state index contributed by atoms with van der Waals surface area (Å²) in [6.07, 6.45) is 3.21. The third-order valence-corrected chi connectivity index (χ3v) is 3.04. The van der Waals surface area contributed by atoms with Gasteiger partial charge in [-0.25, -0.2) is 4.79 Å². The topological polar surface area (TPSA) is 38.3 Å². The number of anilines is 1. The van der Waals surface area contributed by atoms with Gasteiger partial charge in [0.15, 0.2) is 0 Å².